The average molecular weight is 512 g/mol. The van der Waals surface area contributed by atoms with Crippen LogP contribution < -0.4 is 4.90 Å². The van der Waals surface area contributed by atoms with Crippen molar-refractivity contribution >= 4 is 40.8 Å². The van der Waals surface area contributed by atoms with Gasteiger partial charge in [0.2, 0.25) is 0 Å². The van der Waals surface area contributed by atoms with Crippen molar-refractivity contribution in [1.29, 1.82) is 0 Å². The molecule has 0 spiro atoms. The van der Waals surface area contributed by atoms with Gasteiger partial charge >= 0.3 is 5.51 Å². The number of sulfone groups is 1. The fourth-order valence-corrected chi connectivity index (χ4v) is 2.12. The maximum atomic E-state index is 12.3. The first-order valence-corrected chi connectivity index (χ1v) is 6.96. The molecule has 0 bridgehead atoms. The number of nitrogens with zero attached hydrogens (tertiary/aromatic N) is 1. The molecule has 0 aliphatic rings. The monoisotopic (exact) mass is 512 g/mol. The molecule has 0 aliphatic heterocycles. The molecule has 3 nitrogen and oxygen atoms in total. The fourth-order valence-electron chi connectivity index (χ4n) is 1.12. The van der Waals surface area contributed by atoms with Gasteiger partial charge in [-0.1, -0.05) is 0 Å². The summed E-state index contributed by atoms with van der Waals surface area (Å²) in [6.45, 7) is 0. The second-order valence-corrected chi connectivity index (χ2v) is 6.49. The summed E-state index contributed by atoms with van der Waals surface area (Å²) >= 11 is 9.58. The van der Waals surface area contributed by atoms with Crippen molar-refractivity contribution in [3.63, 3.8) is 0 Å². The van der Waals surface area contributed by atoms with Crippen LogP contribution in [0.15, 0.2) is 29.2 Å². The van der Waals surface area contributed by atoms with E-state index >= 15 is 0 Å². The molecule has 1 rings (SSSR count). The van der Waals surface area contributed by atoms with Gasteiger partial charge in [-0.2, -0.15) is 13.2 Å². The zero-order valence-electron chi connectivity index (χ0n) is 9.31. The zero-order chi connectivity index (χ0) is 14.1. The number of alkyl halides is 3. The van der Waals surface area contributed by atoms with E-state index in [1.807, 2.05) is 0 Å². The molecule has 0 heterocycles. The van der Waals surface area contributed by atoms with Crippen molar-refractivity contribution in [1.82, 2.24) is 0 Å². The van der Waals surface area contributed by atoms with Crippen molar-refractivity contribution in [2.75, 3.05) is 11.9 Å². The average Bonchev–Trinajstić information content (AvgIpc) is 2.26. The first-order chi connectivity index (χ1) is 8.07. The molecule has 0 unspecified atom stereocenters. The minimum Gasteiger partial charge on any atom is -0.794 e. The Bertz CT molecular complexity index is 517. The van der Waals surface area contributed by atoms with Crippen LogP contribution in [0.1, 0.15) is 0 Å². The van der Waals surface area contributed by atoms with Gasteiger partial charge in [-0.3, -0.25) is 0 Å². The summed E-state index contributed by atoms with van der Waals surface area (Å²) in [6.07, 6.45) is 0. The minimum absolute atomic E-state index is 0. The quantitative estimate of drug-likeness (QED) is 0.457. The number of anilines is 1. The summed E-state index contributed by atoms with van der Waals surface area (Å²) in [5.41, 5.74) is -4.86. The van der Waals surface area contributed by atoms with Crippen LogP contribution >= 0.6 is 0 Å². The molecule has 1 aromatic rings. The van der Waals surface area contributed by atoms with Crippen LogP contribution in [0.4, 0.5) is 18.9 Å². The van der Waals surface area contributed by atoms with Crippen LogP contribution in [0.3, 0.4) is 0 Å². The Labute approximate surface area is 135 Å². The van der Waals surface area contributed by atoms with Gasteiger partial charge in [0.05, 0.1) is 4.90 Å². The molecule has 10 heteroatoms. The van der Waals surface area contributed by atoms with Crippen molar-refractivity contribution in [2.24, 2.45) is 0 Å². The molecular formula is C9H8AuF3NO2S3-2. The van der Waals surface area contributed by atoms with Crippen LogP contribution in [0.5, 0.6) is 0 Å². The molecule has 0 saturated heterocycles. The number of hydrogen-bond acceptors (Lipinski definition) is 5. The molecule has 0 aromatic heterocycles. The number of benzene rings is 1. The summed E-state index contributed by atoms with van der Waals surface area (Å²) in [7, 11) is -3.74. The van der Waals surface area contributed by atoms with E-state index in [1.54, 1.807) is 7.05 Å². The molecular weight excluding hydrogens is 504 g/mol. The maximum absolute atomic E-state index is 12.3. The molecule has 0 atom stereocenters. The summed E-state index contributed by atoms with van der Waals surface area (Å²) in [5, 5.41) is 0. The number of hydrogen-bond donors (Lipinski definition) is 0. The van der Waals surface area contributed by atoms with E-state index in [4.69, 9.17) is 25.3 Å². The van der Waals surface area contributed by atoms with E-state index in [9.17, 15) is 21.6 Å². The molecule has 113 valence electrons. The van der Waals surface area contributed by atoms with Gasteiger partial charge in [-0.25, -0.2) is 13.1 Å². The topological polar surface area (TPSA) is 37.4 Å². The van der Waals surface area contributed by atoms with Crippen LogP contribution in [-0.2, 0) is 57.5 Å². The van der Waals surface area contributed by atoms with E-state index in [2.05, 4.69) is 0 Å². The molecule has 0 fully saturated rings. The first kappa shape index (κ1) is 19.2. The van der Waals surface area contributed by atoms with Gasteiger partial charge in [0.1, 0.15) is 0 Å². The van der Waals surface area contributed by atoms with Gasteiger partial charge < -0.3 is 30.2 Å². The van der Waals surface area contributed by atoms with E-state index in [-0.39, 0.29) is 22.4 Å². The minimum atomic E-state index is -5.31. The fraction of sp³-hybridized carbons (Fsp3) is 0.333. The molecule has 0 N–H and O–H groups in total. The number of rotatable bonds is 3. The number of halogens is 3. The van der Waals surface area contributed by atoms with Crippen molar-refractivity contribution in [2.45, 2.75) is 15.1 Å². The summed E-state index contributed by atoms with van der Waals surface area (Å²) in [6, 6.07) is 4.21. The molecule has 19 heavy (non-hydrogen) atoms. The van der Waals surface area contributed by atoms with Gasteiger partial charge in [0, 0.05) is 35.1 Å². The van der Waals surface area contributed by atoms with Gasteiger partial charge in [-0.15, -0.1) is 0 Å². The Hall–Kier alpha value is 0.200. The van der Waals surface area contributed by atoms with E-state index < -0.39 is 24.9 Å². The van der Waals surface area contributed by atoms with E-state index in [1.165, 1.54) is 17.0 Å². The Morgan fingerprint density at radius 3 is 1.89 bits per heavy atom. The second-order valence-electron chi connectivity index (χ2n) is 3.36. The summed E-state index contributed by atoms with van der Waals surface area (Å²) in [5.74, 6) is 0. The standard InChI is InChI=1S/C9H10F3NO2S3.Au/c1-13(8(16)17)6-2-4-7(5-3-6)18(14,15)9(10,11)12;/h2-5,8,16-17H,1H3;/p-2. The molecule has 0 saturated carbocycles. The zero-order valence-corrected chi connectivity index (χ0v) is 13.9. The van der Waals surface area contributed by atoms with Crippen molar-refractivity contribution in [3.05, 3.63) is 24.3 Å². The Kier molecular flexibility index (Phi) is 6.84. The SMILES string of the molecule is CN(c1ccc(S(=O)(=O)C(F)(F)F)cc1)C([S-])[S-].[Au]. The van der Waals surface area contributed by atoms with Crippen LogP contribution in [0.25, 0.3) is 0 Å². The molecule has 0 aliphatic carbocycles. The summed E-state index contributed by atoms with van der Waals surface area (Å²) < 4.78 is 58.3. The van der Waals surface area contributed by atoms with Crippen LogP contribution in [0.2, 0.25) is 0 Å². The normalized spacial score (nSPS) is 12.2. The smallest absolute Gasteiger partial charge is 0.501 e. The predicted octanol–water partition coefficient (Wildman–Crippen LogP) is 1.79. The van der Waals surface area contributed by atoms with E-state index in [0.717, 1.165) is 12.1 Å². The first-order valence-electron chi connectivity index (χ1n) is 4.53. The Morgan fingerprint density at radius 1 is 1.16 bits per heavy atom. The Morgan fingerprint density at radius 2 is 1.58 bits per heavy atom. The predicted molar refractivity (Wildman–Crippen MR) is 66.6 cm³/mol. The maximum Gasteiger partial charge on any atom is 0.501 e. The molecule has 1 aromatic carbocycles. The van der Waals surface area contributed by atoms with Crippen molar-refractivity contribution < 1.29 is 44.0 Å². The largest absolute Gasteiger partial charge is 0.794 e. The Balaban J connectivity index is 0.00000324. The van der Waals surface area contributed by atoms with Crippen LogP contribution in [-0.4, -0.2) is 25.7 Å². The molecule has 0 amide bonds. The third-order valence-electron chi connectivity index (χ3n) is 2.18. The van der Waals surface area contributed by atoms with Gasteiger partial charge in [0.15, 0.2) is 0 Å². The second kappa shape index (κ2) is 6.77. The van der Waals surface area contributed by atoms with Gasteiger partial charge in [0.25, 0.3) is 9.84 Å². The third-order valence-corrected chi connectivity index (χ3v) is 4.31. The molecule has 1 radical (unpaired) electrons. The summed E-state index contributed by atoms with van der Waals surface area (Å²) in [4.78, 5) is 0.645. The van der Waals surface area contributed by atoms with Gasteiger partial charge in [-0.05, 0) is 24.3 Å². The third kappa shape index (κ3) is 4.33. The van der Waals surface area contributed by atoms with Crippen LogP contribution in [0, 0.1) is 0 Å². The van der Waals surface area contributed by atoms with Crippen molar-refractivity contribution in [3.8, 4) is 0 Å². The van der Waals surface area contributed by atoms with E-state index in [0.29, 0.717) is 5.69 Å².